The van der Waals surface area contributed by atoms with E-state index in [1.165, 1.54) is 59.9 Å². The van der Waals surface area contributed by atoms with Gasteiger partial charge in [0.2, 0.25) is 15.9 Å². The van der Waals surface area contributed by atoms with Crippen molar-refractivity contribution in [2.75, 3.05) is 31.5 Å². The molecule has 0 radical (unpaired) electrons. The maximum Gasteiger partial charge on any atom is 0.261 e. The molecular formula is C29H34ClN3O7S2. The van der Waals surface area contributed by atoms with Gasteiger partial charge in [-0.1, -0.05) is 36.7 Å². The molecule has 0 aliphatic carbocycles. The number of anilines is 1. The lowest BCUT2D eigenvalue weighted by molar-refractivity contribution is -0.134. The molecule has 0 spiro atoms. The molecule has 1 aliphatic rings. The standard InChI is InChI=1S/C29H34ClN3O7S2/c1-20-17-33(21(2)19-34)29(35)16-22-15-24(31-41(36,37)25-7-5-4-6-8-25)11-14-27(22)40-28(20)18-32(3)42(38,39)26-12-9-23(30)10-13-26/h4-15,20-21,28,31,34H,16-19H2,1-3H3/t20-,21-,28-/m0/s1. The minimum Gasteiger partial charge on any atom is -0.488 e. The number of aliphatic hydroxyl groups is 1. The lowest BCUT2D eigenvalue weighted by Gasteiger charge is -2.33. The summed E-state index contributed by atoms with van der Waals surface area (Å²) in [5.74, 6) is -0.286. The number of carbonyl (C=O) groups is 1. The molecule has 4 rings (SSSR count). The van der Waals surface area contributed by atoms with Crippen molar-refractivity contribution in [3.05, 3.63) is 83.4 Å². The van der Waals surface area contributed by atoms with Gasteiger partial charge in [-0.15, -0.1) is 0 Å². The van der Waals surface area contributed by atoms with Crippen LogP contribution in [-0.4, -0.2) is 75.9 Å². The Morgan fingerprint density at radius 3 is 2.36 bits per heavy atom. The molecule has 0 saturated carbocycles. The van der Waals surface area contributed by atoms with E-state index in [1.807, 2.05) is 6.92 Å². The number of carbonyl (C=O) groups excluding carboxylic acids is 1. The first-order valence-corrected chi connectivity index (χ1v) is 16.6. The second-order valence-corrected chi connectivity index (χ2v) is 14.5. The topological polar surface area (TPSA) is 133 Å². The van der Waals surface area contributed by atoms with E-state index in [9.17, 15) is 26.7 Å². The number of nitrogens with one attached hydrogen (secondary N) is 1. The van der Waals surface area contributed by atoms with Gasteiger partial charge in [0.1, 0.15) is 11.9 Å². The summed E-state index contributed by atoms with van der Waals surface area (Å²) in [5, 5.41) is 10.3. The smallest absolute Gasteiger partial charge is 0.261 e. The molecule has 3 aromatic carbocycles. The van der Waals surface area contributed by atoms with Crippen LogP contribution < -0.4 is 9.46 Å². The second-order valence-electron chi connectivity index (χ2n) is 10.4. The highest BCUT2D eigenvalue weighted by atomic mass is 35.5. The van der Waals surface area contributed by atoms with E-state index in [-0.39, 0.29) is 53.4 Å². The normalized spacial score (nSPS) is 18.8. The van der Waals surface area contributed by atoms with E-state index in [4.69, 9.17) is 16.3 Å². The predicted octanol–water partition coefficient (Wildman–Crippen LogP) is 3.61. The number of benzene rings is 3. The van der Waals surface area contributed by atoms with E-state index >= 15 is 0 Å². The summed E-state index contributed by atoms with van der Waals surface area (Å²) in [6, 6.07) is 17.9. The van der Waals surface area contributed by atoms with Crippen molar-refractivity contribution in [2.45, 2.75) is 42.2 Å². The monoisotopic (exact) mass is 635 g/mol. The van der Waals surface area contributed by atoms with Crippen molar-refractivity contribution in [1.82, 2.24) is 9.21 Å². The number of sulfonamides is 2. The fraction of sp³-hybridized carbons (Fsp3) is 0.345. The Hall–Kier alpha value is -3.16. The Labute approximate surface area is 252 Å². The third-order valence-electron chi connectivity index (χ3n) is 7.18. The van der Waals surface area contributed by atoms with Crippen molar-refractivity contribution in [3.8, 4) is 5.75 Å². The molecule has 2 N–H and O–H groups in total. The fourth-order valence-corrected chi connectivity index (χ4v) is 7.04. The van der Waals surface area contributed by atoms with Gasteiger partial charge in [-0.25, -0.2) is 16.8 Å². The number of rotatable bonds is 9. The van der Waals surface area contributed by atoms with Gasteiger partial charge in [-0.2, -0.15) is 4.31 Å². The lowest BCUT2D eigenvalue weighted by Crippen LogP contribution is -2.48. The molecule has 1 aliphatic heterocycles. The van der Waals surface area contributed by atoms with Crippen molar-refractivity contribution >= 4 is 43.2 Å². The number of hydrogen-bond acceptors (Lipinski definition) is 7. The average Bonchev–Trinajstić information content (AvgIpc) is 3.00. The minimum absolute atomic E-state index is 0.0382. The molecule has 1 heterocycles. The predicted molar refractivity (Wildman–Crippen MR) is 161 cm³/mol. The van der Waals surface area contributed by atoms with Crippen LogP contribution in [0.25, 0.3) is 0 Å². The second kappa shape index (κ2) is 13.0. The molecule has 0 unspecified atom stereocenters. The van der Waals surface area contributed by atoms with E-state index in [2.05, 4.69) is 4.72 Å². The SMILES string of the molecule is C[C@H]1CN([C@@H](C)CO)C(=O)Cc2cc(NS(=O)(=O)c3ccccc3)ccc2O[C@H]1CN(C)S(=O)(=O)c1ccc(Cl)cc1. The van der Waals surface area contributed by atoms with Gasteiger partial charge in [0.05, 0.1) is 35.4 Å². The Balaban J connectivity index is 1.68. The Morgan fingerprint density at radius 1 is 1.05 bits per heavy atom. The maximum absolute atomic E-state index is 13.5. The summed E-state index contributed by atoms with van der Waals surface area (Å²) in [6.45, 7) is 3.48. The van der Waals surface area contributed by atoms with Gasteiger partial charge in [-0.05, 0) is 61.5 Å². The van der Waals surface area contributed by atoms with Crippen molar-refractivity contribution in [1.29, 1.82) is 0 Å². The van der Waals surface area contributed by atoms with Crippen LogP contribution in [0.3, 0.4) is 0 Å². The number of likely N-dealkylation sites (N-methyl/N-ethyl adjacent to an activating group) is 1. The molecule has 0 bridgehead atoms. The molecule has 1 amide bonds. The molecule has 42 heavy (non-hydrogen) atoms. The van der Waals surface area contributed by atoms with E-state index in [0.29, 0.717) is 16.3 Å². The van der Waals surface area contributed by atoms with Crippen molar-refractivity contribution in [2.24, 2.45) is 5.92 Å². The van der Waals surface area contributed by atoms with Gasteiger partial charge in [-0.3, -0.25) is 9.52 Å². The zero-order valence-corrected chi connectivity index (χ0v) is 25.9. The molecule has 0 saturated heterocycles. The number of aliphatic hydroxyl groups excluding tert-OH is 1. The quantitative estimate of drug-likeness (QED) is 0.367. The summed E-state index contributed by atoms with van der Waals surface area (Å²) in [6.07, 6.45) is -0.805. The third kappa shape index (κ3) is 7.24. The van der Waals surface area contributed by atoms with Crippen LogP contribution in [-0.2, 0) is 31.3 Å². The minimum atomic E-state index is -3.89. The zero-order chi connectivity index (χ0) is 30.7. The number of fused-ring (bicyclic) bond motifs is 1. The summed E-state index contributed by atoms with van der Waals surface area (Å²) in [7, 11) is -6.32. The Kier molecular flexibility index (Phi) is 9.84. The molecule has 226 valence electrons. The number of halogens is 1. The van der Waals surface area contributed by atoms with Crippen molar-refractivity contribution in [3.63, 3.8) is 0 Å². The highest BCUT2D eigenvalue weighted by molar-refractivity contribution is 7.92. The number of amides is 1. The largest absolute Gasteiger partial charge is 0.488 e. The summed E-state index contributed by atoms with van der Waals surface area (Å²) in [5.41, 5.74) is 0.660. The lowest BCUT2D eigenvalue weighted by atomic mass is 10.0. The van der Waals surface area contributed by atoms with E-state index < -0.39 is 32.2 Å². The van der Waals surface area contributed by atoms with Gasteiger partial charge in [0.15, 0.2) is 0 Å². The highest BCUT2D eigenvalue weighted by Gasteiger charge is 2.33. The van der Waals surface area contributed by atoms with Crippen LogP contribution in [0.1, 0.15) is 19.4 Å². The molecule has 0 aromatic heterocycles. The first-order chi connectivity index (χ1) is 19.8. The molecule has 3 atom stereocenters. The van der Waals surface area contributed by atoms with Crippen LogP contribution in [0.2, 0.25) is 5.02 Å². The van der Waals surface area contributed by atoms with E-state index in [0.717, 1.165) is 0 Å². The average molecular weight is 636 g/mol. The summed E-state index contributed by atoms with van der Waals surface area (Å²) in [4.78, 5) is 15.2. The third-order valence-corrected chi connectivity index (χ3v) is 10.7. The molecular weight excluding hydrogens is 602 g/mol. The number of nitrogens with zero attached hydrogens (tertiary/aromatic N) is 2. The number of hydrogen-bond donors (Lipinski definition) is 2. The van der Waals surface area contributed by atoms with E-state index in [1.54, 1.807) is 36.1 Å². The van der Waals surface area contributed by atoms with Gasteiger partial charge < -0.3 is 14.7 Å². The van der Waals surface area contributed by atoms with Crippen LogP contribution in [0, 0.1) is 5.92 Å². The molecule has 3 aromatic rings. The zero-order valence-electron chi connectivity index (χ0n) is 23.5. The van der Waals surface area contributed by atoms with Crippen LogP contribution in [0.5, 0.6) is 5.75 Å². The van der Waals surface area contributed by atoms with Crippen molar-refractivity contribution < 1.29 is 31.5 Å². The summed E-state index contributed by atoms with van der Waals surface area (Å²) >= 11 is 5.94. The molecule has 10 nitrogen and oxygen atoms in total. The highest BCUT2D eigenvalue weighted by Crippen LogP contribution is 2.31. The molecule has 0 fully saturated rings. The summed E-state index contributed by atoms with van der Waals surface area (Å²) < 4.78 is 62.6. The number of ether oxygens (including phenoxy) is 1. The Bertz CT molecular complexity index is 1620. The first-order valence-electron chi connectivity index (χ1n) is 13.3. The van der Waals surface area contributed by atoms with Gasteiger partial charge >= 0.3 is 0 Å². The maximum atomic E-state index is 13.5. The first kappa shape index (κ1) is 31.8. The molecule has 13 heteroatoms. The fourth-order valence-electron chi connectivity index (χ4n) is 4.66. The Morgan fingerprint density at radius 2 is 1.71 bits per heavy atom. The van der Waals surface area contributed by atoms with Gasteiger partial charge in [0, 0.05) is 35.8 Å². The van der Waals surface area contributed by atoms with Gasteiger partial charge in [0.25, 0.3) is 10.0 Å². The van der Waals surface area contributed by atoms with Crippen LogP contribution >= 0.6 is 11.6 Å². The van der Waals surface area contributed by atoms with Crippen LogP contribution in [0.4, 0.5) is 5.69 Å². The van der Waals surface area contributed by atoms with Crippen LogP contribution in [0.15, 0.2) is 82.6 Å².